The topological polar surface area (TPSA) is 120 Å². The highest BCUT2D eigenvalue weighted by Crippen LogP contribution is 2.25. The van der Waals surface area contributed by atoms with Crippen LogP contribution < -0.4 is 10.6 Å². The number of carbonyl (C=O) groups excluding carboxylic acids is 2. The quantitative estimate of drug-likeness (QED) is 0.427. The molecule has 1 aromatic carbocycles. The van der Waals surface area contributed by atoms with Crippen LogP contribution in [0.25, 0.3) is 11.0 Å². The summed E-state index contributed by atoms with van der Waals surface area (Å²) in [7, 11) is 0. The second-order valence-corrected chi connectivity index (χ2v) is 8.74. The van der Waals surface area contributed by atoms with Crippen LogP contribution in [0.1, 0.15) is 68.7 Å². The molecule has 0 bridgehead atoms. The van der Waals surface area contributed by atoms with Crippen LogP contribution in [-0.2, 0) is 4.79 Å². The summed E-state index contributed by atoms with van der Waals surface area (Å²) < 4.78 is 3.31. The molecule has 0 aliphatic rings. The number of fused-ring (bicyclic) bond motifs is 1. The van der Waals surface area contributed by atoms with E-state index < -0.39 is 6.04 Å². The minimum Gasteiger partial charge on any atom is -0.324 e. The van der Waals surface area contributed by atoms with E-state index in [2.05, 4.69) is 25.8 Å². The Morgan fingerprint density at radius 1 is 0.941 bits per heavy atom. The molecular formula is C24H28N8O2. The van der Waals surface area contributed by atoms with Gasteiger partial charge in [0, 0.05) is 23.1 Å². The standard InChI is InChI=1S/C24H28N8O2/c1-14(2)21-10-19(20-11-26-32(15(3)4)22(20)30-21)24(34)29-18-8-6-17(7-9-18)28-23(33)16(5)31-13-25-12-27-31/h6-16H,1-5H3,(H,28,33)(H,29,34). The second kappa shape index (κ2) is 9.42. The van der Waals surface area contributed by atoms with Gasteiger partial charge in [0.1, 0.15) is 18.7 Å². The van der Waals surface area contributed by atoms with Crippen molar-refractivity contribution in [3.05, 3.63) is 60.4 Å². The highest BCUT2D eigenvalue weighted by molar-refractivity contribution is 6.12. The lowest BCUT2D eigenvalue weighted by Gasteiger charge is -2.13. The molecule has 176 valence electrons. The van der Waals surface area contributed by atoms with Crippen molar-refractivity contribution in [1.29, 1.82) is 0 Å². The van der Waals surface area contributed by atoms with Crippen LogP contribution in [0.15, 0.2) is 49.2 Å². The van der Waals surface area contributed by atoms with E-state index in [0.29, 0.717) is 28.0 Å². The van der Waals surface area contributed by atoms with Crippen LogP contribution in [0.3, 0.4) is 0 Å². The Morgan fingerprint density at radius 2 is 1.62 bits per heavy atom. The third-order valence-electron chi connectivity index (χ3n) is 5.54. The van der Waals surface area contributed by atoms with Crippen molar-refractivity contribution in [1.82, 2.24) is 29.5 Å². The lowest BCUT2D eigenvalue weighted by molar-refractivity contribution is -0.119. The molecule has 0 aliphatic heterocycles. The van der Waals surface area contributed by atoms with Crippen LogP contribution >= 0.6 is 0 Å². The third-order valence-corrected chi connectivity index (χ3v) is 5.54. The molecule has 2 amide bonds. The predicted octanol–water partition coefficient (Wildman–Crippen LogP) is 4.18. The van der Waals surface area contributed by atoms with Gasteiger partial charge in [-0.3, -0.25) is 9.59 Å². The lowest BCUT2D eigenvalue weighted by atomic mass is 10.0. The fourth-order valence-electron chi connectivity index (χ4n) is 3.52. The number of nitrogens with zero attached hydrogens (tertiary/aromatic N) is 6. The summed E-state index contributed by atoms with van der Waals surface area (Å²) in [5, 5.41) is 14.9. The highest BCUT2D eigenvalue weighted by atomic mass is 16.2. The summed E-state index contributed by atoms with van der Waals surface area (Å²) in [6.45, 7) is 9.89. The lowest BCUT2D eigenvalue weighted by Crippen LogP contribution is -2.24. The summed E-state index contributed by atoms with van der Waals surface area (Å²) in [4.78, 5) is 34.3. The van der Waals surface area contributed by atoms with Crippen molar-refractivity contribution in [3.8, 4) is 0 Å². The molecule has 1 atom stereocenters. The normalized spacial score (nSPS) is 12.3. The zero-order chi connectivity index (χ0) is 24.4. The number of carbonyl (C=O) groups is 2. The first-order valence-corrected chi connectivity index (χ1v) is 11.2. The smallest absolute Gasteiger partial charge is 0.256 e. The Morgan fingerprint density at radius 3 is 2.21 bits per heavy atom. The van der Waals surface area contributed by atoms with Crippen LogP contribution in [-0.4, -0.2) is 41.3 Å². The number of hydrogen-bond donors (Lipinski definition) is 2. The summed E-state index contributed by atoms with van der Waals surface area (Å²) in [6.07, 6.45) is 4.57. The fourth-order valence-corrected chi connectivity index (χ4v) is 3.52. The van der Waals surface area contributed by atoms with Gasteiger partial charge >= 0.3 is 0 Å². The minimum absolute atomic E-state index is 0.123. The van der Waals surface area contributed by atoms with Crippen LogP contribution in [0.4, 0.5) is 11.4 Å². The van der Waals surface area contributed by atoms with Crippen molar-refractivity contribution in [3.63, 3.8) is 0 Å². The molecule has 3 heterocycles. The van der Waals surface area contributed by atoms with E-state index in [1.807, 2.05) is 38.4 Å². The molecule has 1 unspecified atom stereocenters. The van der Waals surface area contributed by atoms with E-state index >= 15 is 0 Å². The highest BCUT2D eigenvalue weighted by Gasteiger charge is 2.19. The van der Waals surface area contributed by atoms with Crippen molar-refractivity contribution in [2.45, 2.75) is 52.6 Å². The number of amides is 2. The number of nitrogens with one attached hydrogen (secondary N) is 2. The Labute approximate surface area is 197 Å². The van der Waals surface area contributed by atoms with E-state index in [9.17, 15) is 9.59 Å². The van der Waals surface area contributed by atoms with E-state index in [4.69, 9.17) is 4.98 Å². The van der Waals surface area contributed by atoms with Crippen molar-refractivity contribution in [2.75, 3.05) is 10.6 Å². The minimum atomic E-state index is -0.502. The van der Waals surface area contributed by atoms with Gasteiger partial charge in [0.05, 0.1) is 17.1 Å². The maximum absolute atomic E-state index is 13.2. The first-order valence-electron chi connectivity index (χ1n) is 11.2. The zero-order valence-electron chi connectivity index (χ0n) is 19.9. The molecule has 10 nitrogen and oxygen atoms in total. The number of rotatable bonds is 7. The van der Waals surface area contributed by atoms with Crippen LogP contribution in [0.5, 0.6) is 0 Å². The maximum Gasteiger partial charge on any atom is 0.256 e. The van der Waals surface area contributed by atoms with Gasteiger partial charge in [-0.15, -0.1) is 0 Å². The van der Waals surface area contributed by atoms with Crippen LogP contribution in [0, 0.1) is 0 Å². The van der Waals surface area contributed by atoms with Crippen LogP contribution in [0.2, 0.25) is 0 Å². The van der Waals surface area contributed by atoms with Gasteiger partial charge in [-0.1, -0.05) is 13.8 Å². The molecule has 34 heavy (non-hydrogen) atoms. The molecule has 0 fully saturated rings. The molecule has 0 radical (unpaired) electrons. The van der Waals surface area contributed by atoms with Crippen molar-refractivity contribution >= 4 is 34.2 Å². The largest absolute Gasteiger partial charge is 0.324 e. The summed E-state index contributed by atoms with van der Waals surface area (Å²) in [5.41, 5.74) is 3.28. The number of aromatic nitrogens is 6. The average Bonchev–Trinajstić information content (AvgIpc) is 3.49. The number of hydrogen-bond acceptors (Lipinski definition) is 6. The SMILES string of the molecule is CC(C)c1cc(C(=O)Nc2ccc(NC(=O)C(C)n3cncn3)cc2)c2cnn(C(C)C)c2n1. The molecule has 4 aromatic rings. The molecule has 0 aliphatic carbocycles. The molecule has 10 heteroatoms. The van der Waals surface area contributed by atoms with Gasteiger partial charge in [-0.05, 0) is 57.0 Å². The Balaban J connectivity index is 1.52. The molecule has 0 saturated heterocycles. The van der Waals surface area contributed by atoms with E-state index in [-0.39, 0.29) is 23.8 Å². The van der Waals surface area contributed by atoms with Gasteiger partial charge < -0.3 is 10.6 Å². The fraction of sp³-hybridized carbons (Fsp3) is 0.333. The zero-order valence-corrected chi connectivity index (χ0v) is 19.9. The first-order chi connectivity index (χ1) is 16.2. The number of benzene rings is 1. The van der Waals surface area contributed by atoms with Gasteiger partial charge in [-0.2, -0.15) is 10.2 Å². The van der Waals surface area contributed by atoms with Gasteiger partial charge in [-0.25, -0.2) is 19.3 Å². The molecule has 4 rings (SSSR count). The van der Waals surface area contributed by atoms with E-state index in [0.717, 1.165) is 5.69 Å². The first kappa shape index (κ1) is 23.1. The molecule has 2 N–H and O–H groups in total. The Hall–Kier alpha value is -4.08. The summed E-state index contributed by atoms with van der Waals surface area (Å²) in [5.74, 6) is -0.298. The molecule has 0 spiro atoms. The predicted molar refractivity (Wildman–Crippen MR) is 130 cm³/mol. The van der Waals surface area contributed by atoms with Gasteiger partial charge in [0.15, 0.2) is 5.65 Å². The summed E-state index contributed by atoms with van der Waals surface area (Å²) >= 11 is 0. The molecule has 0 saturated carbocycles. The van der Waals surface area contributed by atoms with Gasteiger partial charge in [0.25, 0.3) is 5.91 Å². The number of pyridine rings is 1. The monoisotopic (exact) mass is 460 g/mol. The summed E-state index contributed by atoms with van der Waals surface area (Å²) in [6, 6.07) is 8.41. The number of anilines is 2. The van der Waals surface area contributed by atoms with Crippen molar-refractivity contribution < 1.29 is 9.59 Å². The Bertz CT molecular complexity index is 1310. The second-order valence-electron chi connectivity index (χ2n) is 8.74. The van der Waals surface area contributed by atoms with E-state index in [1.54, 1.807) is 37.4 Å². The third kappa shape index (κ3) is 4.66. The van der Waals surface area contributed by atoms with Gasteiger partial charge in [0.2, 0.25) is 5.91 Å². The molecular weight excluding hydrogens is 432 g/mol. The average molecular weight is 461 g/mol. The van der Waals surface area contributed by atoms with E-state index in [1.165, 1.54) is 17.3 Å². The van der Waals surface area contributed by atoms with Crippen molar-refractivity contribution in [2.24, 2.45) is 0 Å². The molecule has 3 aromatic heterocycles. The Kier molecular flexibility index (Phi) is 6.40. The maximum atomic E-state index is 13.2.